The van der Waals surface area contributed by atoms with Crippen molar-refractivity contribution in [2.24, 2.45) is 241 Å². The van der Waals surface area contributed by atoms with E-state index in [0.717, 1.165) is 207 Å². The van der Waals surface area contributed by atoms with E-state index in [1.807, 2.05) is 0 Å². The molecule has 32 unspecified atom stereocenters. The molecule has 0 amide bonds. The summed E-state index contributed by atoms with van der Waals surface area (Å²) < 4.78 is 0. The molecule has 406 valence electrons. The van der Waals surface area contributed by atoms with Gasteiger partial charge in [-0.1, -0.05) is 128 Å². The smallest absolute Gasteiger partial charge is 0.0246 e. The molecule has 0 aromatic carbocycles. The van der Waals surface area contributed by atoms with Gasteiger partial charge in [-0.15, -0.1) is 0 Å². The van der Waals surface area contributed by atoms with E-state index in [1.54, 1.807) is 128 Å². The van der Waals surface area contributed by atoms with Gasteiger partial charge in [0.2, 0.25) is 0 Å². The maximum atomic E-state index is 2.85. The van der Waals surface area contributed by atoms with Gasteiger partial charge in [0.25, 0.3) is 0 Å². The molecule has 17 aliphatic carbocycles. The van der Waals surface area contributed by atoms with E-state index in [1.165, 1.54) is 17.8 Å². The van der Waals surface area contributed by atoms with E-state index in [-0.39, 0.29) is 0 Å². The Kier molecular flexibility index (Phi) is 10.3. The average Bonchev–Trinajstić information content (AvgIpc) is 3.46. The second kappa shape index (κ2) is 15.7. The Balaban J connectivity index is 0.913. The Morgan fingerprint density at radius 1 is 0.205 bits per heavy atom. The summed E-state index contributed by atoms with van der Waals surface area (Å²) in [5.41, 5.74) is 1.59. The Morgan fingerprint density at radius 3 is 1.12 bits per heavy atom. The minimum absolute atomic E-state index is 0.484. The lowest BCUT2D eigenvalue weighted by molar-refractivity contribution is -0.407. The molecule has 0 nitrogen and oxygen atoms in total. The zero-order valence-electron chi connectivity index (χ0n) is 49.6. The zero-order chi connectivity index (χ0) is 49.6. The van der Waals surface area contributed by atoms with E-state index in [0.29, 0.717) is 16.2 Å². The second-order valence-corrected chi connectivity index (χ2v) is 36.1. The van der Waals surface area contributed by atoms with Crippen molar-refractivity contribution < 1.29 is 0 Å². The number of rotatable bonds is 6. The van der Waals surface area contributed by atoms with Gasteiger partial charge >= 0.3 is 0 Å². The molecule has 0 saturated heterocycles. The number of hydrogen-bond acceptors (Lipinski definition) is 0. The maximum absolute atomic E-state index is 2.85. The summed E-state index contributed by atoms with van der Waals surface area (Å²) in [6.07, 6.45) is 32.7. The third-order valence-electron chi connectivity index (χ3n) is 35.0. The Morgan fingerprint density at radius 2 is 0.521 bits per heavy atom. The van der Waals surface area contributed by atoms with Crippen LogP contribution >= 0.6 is 0 Å². The van der Waals surface area contributed by atoms with Crippen LogP contribution in [0.15, 0.2) is 0 Å². The monoisotopic (exact) mass is 991 g/mol. The summed E-state index contributed by atoms with van der Waals surface area (Å²) in [6.45, 7) is 33.7. The first-order chi connectivity index (χ1) is 35.1. The molecule has 0 aromatic rings. The highest BCUT2D eigenvalue weighted by Gasteiger charge is 2.86. The molecule has 0 N–H and O–H groups in total. The third kappa shape index (κ3) is 5.47. The molecule has 17 rings (SSSR count). The summed E-state index contributed by atoms with van der Waals surface area (Å²) in [4.78, 5) is 0. The van der Waals surface area contributed by atoms with Crippen molar-refractivity contribution in [1.82, 2.24) is 0 Å². The highest BCUT2D eigenvalue weighted by Crippen LogP contribution is 2.91. The Bertz CT molecular complexity index is 2160. The van der Waals surface area contributed by atoms with E-state index in [9.17, 15) is 0 Å². The van der Waals surface area contributed by atoms with Crippen molar-refractivity contribution in [1.29, 1.82) is 0 Å². The van der Waals surface area contributed by atoms with Gasteiger partial charge in [0.1, 0.15) is 0 Å². The quantitative estimate of drug-likeness (QED) is 0.249. The first-order valence-electron chi connectivity index (χ1n) is 35.1. The minimum atomic E-state index is 0.484. The van der Waals surface area contributed by atoms with Crippen molar-refractivity contribution in [2.45, 2.75) is 212 Å². The molecule has 17 aliphatic rings. The molecule has 10 bridgehead atoms. The van der Waals surface area contributed by atoms with Gasteiger partial charge < -0.3 is 0 Å². The first-order valence-corrected chi connectivity index (χ1v) is 35.1. The average molecular weight is 992 g/mol. The molecular weight excluding hydrogens is 877 g/mol. The predicted molar refractivity (Wildman–Crippen MR) is 300 cm³/mol. The van der Waals surface area contributed by atoms with Crippen LogP contribution in [-0.4, -0.2) is 0 Å². The zero-order valence-corrected chi connectivity index (χ0v) is 49.6. The molecule has 0 aromatic heterocycles. The molecule has 17 fully saturated rings. The molecule has 32 atom stereocenters. The van der Waals surface area contributed by atoms with E-state index < -0.39 is 0 Å². The fourth-order valence-corrected chi connectivity index (χ4v) is 32.4. The predicted octanol–water partition coefficient (Wildman–Crippen LogP) is 18.6. The lowest BCUT2D eigenvalue weighted by Gasteiger charge is -2.87. The van der Waals surface area contributed by atoms with Crippen LogP contribution in [0.4, 0.5) is 0 Å². The van der Waals surface area contributed by atoms with E-state index in [2.05, 4.69) is 83.1 Å². The topological polar surface area (TPSA) is 0 Å². The molecule has 0 aliphatic heterocycles. The summed E-state index contributed by atoms with van der Waals surface area (Å²) in [7, 11) is 0. The summed E-state index contributed by atoms with van der Waals surface area (Å²) >= 11 is 0. The Labute approximate surface area is 450 Å². The number of hydrogen-bond donors (Lipinski definition) is 0. The van der Waals surface area contributed by atoms with Crippen LogP contribution in [-0.2, 0) is 0 Å². The molecule has 0 heterocycles. The SMILES string of the molecule is CC(C)C1(C(C)C)CC2CC3CCCCCCCC4CCC(C1)C1C5CC(C(C)C)(C(C)C)CC6C4C4C7CC(C7C64)C4C6C5C1C6C4C1C4C5CC6C7C3CCC2C2C(CC(C(C)C)(C(C)C)CC7C65)C4C21. The van der Waals surface area contributed by atoms with E-state index in [4.69, 9.17) is 0 Å². The summed E-state index contributed by atoms with van der Waals surface area (Å²) in [5, 5.41) is 0. The van der Waals surface area contributed by atoms with Crippen molar-refractivity contribution >= 4 is 0 Å². The normalized spacial score (nSPS) is 60.6. The van der Waals surface area contributed by atoms with Crippen LogP contribution in [0.5, 0.6) is 0 Å². The van der Waals surface area contributed by atoms with Crippen LogP contribution in [0, 0.1) is 241 Å². The van der Waals surface area contributed by atoms with Gasteiger partial charge in [-0.05, 0) is 325 Å². The fourth-order valence-electron chi connectivity index (χ4n) is 32.4. The lowest BCUT2D eigenvalue weighted by Crippen LogP contribution is -2.84. The van der Waals surface area contributed by atoms with Crippen LogP contribution in [0.2, 0.25) is 0 Å². The van der Waals surface area contributed by atoms with Gasteiger partial charge in [-0.2, -0.15) is 0 Å². The molecule has 17 saturated carbocycles. The summed E-state index contributed by atoms with van der Waals surface area (Å²) in [6, 6.07) is 0. The van der Waals surface area contributed by atoms with Gasteiger partial charge in [0.15, 0.2) is 0 Å². The van der Waals surface area contributed by atoms with Crippen LogP contribution in [0.3, 0.4) is 0 Å². The van der Waals surface area contributed by atoms with E-state index >= 15 is 0 Å². The Hall–Kier alpha value is 0. The third-order valence-corrected chi connectivity index (χ3v) is 35.0. The molecule has 0 radical (unpaired) electrons. The standard InChI is InChI=1S/C73H114/c1-33(2)71(34(3)4)27-41-21-20-39-18-16-14-13-15-17-19-40-24-42(28-71)44-23-22-43(40)55-45-25-46-56(45)51(55)31-73(37(9)10,38(11)12)32-52-57(44)66-63(52)60(46)68(66)69-61-48-26-47-58(48)62-49(53(39)59(47)62)29-72(35(5)6,36(7)8)30-50-54(41)65-64(50)67(61)70(65)69/h33-70H,13-32H2,1-12H3. The van der Waals surface area contributed by atoms with Crippen molar-refractivity contribution in [3.8, 4) is 0 Å². The largest absolute Gasteiger partial charge is 0.0622 e. The van der Waals surface area contributed by atoms with Gasteiger partial charge in [0.05, 0.1) is 0 Å². The highest BCUT2D eigenvalue weighted by atomic mass is 14.9. The maximum Gasteiger partial charge on any atom is -0.0246 e. The fraction of sp³-hybridized carbons (Fsp3) is 1.00. The second-order valence-electron chi connectivity index (χ2n) is 36.1. The van der Waals surface area contributed by atoms with Crippen molar-refractivity contribution in [3.63, 3.8) is 0 Å². The van der Waals surface area contributed by atoms with Crippen molar-refractivity contribution in [3.05, 3.63) is 0 Å². The van der Waals surface area contributed by atoms with Crippen LogP contribution in [0.25, 0.3) is 0 Å². The summed E-state index contributed by atoms with van der Waals surface area (Å²) in [5.74, 6) is 40.4. The molecule has 0 spiro atoms. The number of fused-ring (bicyclic) bond motifs is 22. The molecule has 73 heavy (non-hydrogen) atoms. The highest BCUT2D eigenvalue weighted by molar-refractivity contribution is 5.34. The lowest BCUT2D eigenvalue weighted by atomic mass is 9.17. The van der Waals surface area contributed by atoms with Crippen LogP contribution < -0.4 is 0 Å². The molecular formula is C73H114. The minimum Gasteiger partial charge on any atom is -0.0622 e. The van der Waals surface area contributed by atoms with Gasteiger partial charge in [0, 0.05) is 0 Å². The van der Waals surface area contributed by atoms with Crippen molar-refractivity contribution in [2.75, 3.05) is 0 Å². The molecule has 0 heteroatoms. The first kappa shape index (κ1) is 47.8. The van der Waals surface area contributed by atoms with Gasteiger partial charge in [-0.3, -0.25) is 0 Å². The van der Waals surface area contributed by atoms with Gasteiger partial charge in [-0.25, -0.2) is 0 Å². The van der Waals surface area contributed by atoms with Crippen LogP contribution in [0.1, 0.15) is 212 Å².